The van der Waals surface area contributed by atoms with E-state index in [0.717, 1.165) is 45.8 Å². The molecule has 6 aliphatic heterocycles. The maximum Gasteiger partial charge on any atom is 0.407 e. The highest BCUT2D eigenvalue weighted by Gasteiger charge is 2.50. The molecule has 2 bridgehead atoms. The zero-order valence-corrected chi connectivity index (χ0v) is 75.6. The Morgan fingerprint density at radius 1 is 0.733 bits per heavy atom. The van der Waals surface area contributed by atoms with Crippen LogP contribution in [-0.4, -0.2) is 287 Å². The predicted molar refractivity (Wildman–Crippen MR) is 484 cm³/mol. The minimum atomic E-state index is -2.48. The number of methoxy groups -OCH3 is 2. The number of aliphatic hydroxyl groups excluding tert-OH is 2. The Balaban J connectivity index is 0.493. The molecular formula is C94H123N19O18. The fraction of sp³-hybridized carbons (Fsp3) is 0.553. The molecule has 11 heterocycles. The van der Waals surface area contributed by atoms with E-state index in [-0.39, 0.29) is 80.4 Å². The highest BCUT2D eigenvalue weighted by molar-refractivity contribution is 6.39. The molecule has 1 saturated carbocycles. The minimum Gasteiger partial charge on any atom is -0.459 e. The van der Waals surface area contributed by atoms with Gasteiger partial charge in [-0.25, -0.2) is 44.2 Å². The van der Waals surface area contributed by atoms with Gasteiger partial charge in [-0.1, -0.05) is 75.4 Å². The summed E-state index contributed by atoms with van der Waals surface area (Å²) in [4.78, 5) is 155. The van der Waals surface area contributed by atoms with Gasteiger partial charge in [0.15, 0.2) is 17.0 Å². The van der Waals surface area contributed by atoms with Crippen molar-refractivity contribution in [1.29, 1.82) is 0 Å². The third-order valence-corrected chi connectivity index (χ3v) is 26.5. The van der Waals surface area contributed by atoms with Crippen molar-refractivity contribution in [2.45, 2.75) is 211 Å². The van der Waals surface area contributed by atoms with Crippen LogP contribution in [0.1, 0.15) is 157 Å². The van der Waals surface area contributed by atoms with Crippen molar-refractivity contribution < 1.29 is 86.5 Å². The summed E-state index contributed by atoms with van der Waals surface area (Å²) >= 11 is 0. The molecular weight excluding hydrogens is 1680 g/mol. The number of piperazine rings is 2. The van der Waals surface area contributed by atoms with E-state index in [2.05, 4.69) is 62.1 Å². The van der Waals surface area contributed by atoms with Crippen LogP contribution in [0.15, 0.2) is 120 Å². The molecule has 2 aromatic carbocycles. The number of aliphatic hydroxyl groups is 3. The number of allylic oxidation sites excluding steroid dienone is 6. The molecule has 10 N–H and O–H groups in total. The van der Waals surface area contributed by atoms with Crippen molar-refractivity contribution in [2.24, 2.45) is 29.4 Å². The third kappa shape index (κ3) is 23.7. The summed E-state index contributed by atoms with van der Waals surface area (Å²) in [5, 5.41) is 42.8. The second kappa shape index (κ2) is 43.7. The molecule has 131 heavy (non-hydrogen) atoms. The Kier molecular flexibility index (Phi) is 31.9. The monoisotopic (exact) mass is 1810 g/mol. The summed E-state index contributed by atoms with van der Waals surface area (Å²) in [5.74, 6) is -7.31. The first kappa shape index (κ1) is 95.7. The number of carbonyl (C=O) groups is 8. The summed E-state index contributed by atoms with van der Waals surface area (Å²) in [5.41, 5.74) is 27.7. The van der Waals surface area contributed by atoms with Gasteiger partial charge in [-0.15, -0.1) is 0 Å². The van der Waals surface area contributed by atoms with Crippen LogP contribution in [0.25, 0.3) is 33.4 Å². The molecule has 7 aliphatic rings. The molecule has 14 rings (SSSR count). The number of alkyl carbamates (subject to hydrolysis) is 1. The van der Waals surface area contributed by atoms with Crippen LogP contribution in [0.4, 0.5) is 28.5 Å². The second-order valence-electron chi connectivity index (χ2n) is 35.8. The fourth-order valence-electron chi connectivity index (χ4n) is 18.8. The highest BCUT2D eigenvalue weighted by Crippen LogP contribution is 2.38. The van der Waals surface area contributed by atoms with E-state index < -0.39 is 114 Å². The number of anilines is 4. The number of carbonyl (C=O) groups excluding carboxylic acids is 8. The van der Waals surface area contributed by atoms with Crippen molar-refractivity contribution in [1.82, 2.24) is 69.6 Å². The number of nitrogens with one attached hydrogen (secondary N) is 1. The number of piperidine rings is 1. The number of ether oxygens (including phenoxy) is 6. The standard InChI is InChI=1S/C94H123N19O18/c1-56-14-9-8-10-15-57(2)75(125-6)46-68-16-13-26-94(124,131-68)84(119)88(121)112-27-12-11-17-71(112)89(122)128-76(47-72(114)58(3)41-60(5)82(117)83(118)81(116)59(4)40-56)69(95)43-61-19-22-74(77(44-61)126-7)130-93(123)102-50-63-48-98-91(99-49-63)110-35-33-108(34-36-110)78(115)25-38-127-39-37-107-29-31-109(32-30-107)92-100-51-67(52-101-92)87(120)111-28-24-64-42-62(18-20-66(64)54-111)53-113-86-79(85(96)103-55-104-86)80(106-113)65-21-23-73-70(45-65)105-90(97)129-73/h8-10,14-15,18,20-21,23,41-42,45,48-49,51-52,55-56,58-59,61,68-69,71,74-77,82-83,117-118,124H,11-13,16-17,19,22,24-40,43-44,46-47,50,53-54,95H2,1-7H3,(H2,97,105)(H,102,123)(H2,96,103,104)/b10-8?,14-9+,57-15?,60-41+/t56-,58-,59-,61+,68+,69-,71+,74-,75+,76+,77-,82-,83+,94-/m1/s1. The molecule has 0 spiro atoms. The van der Waals surface area contributed by atoms with Crippen LogP contribution >= 0.6 is 0 Å². The molecule has 702 valence electrons. The average Bonchev–Trinajstić information content (AvgIpc) is 1.63. The molecule has 14 atom stereocenters. The van der Waals surface area contributed by atoms with Gasteiger partial charge in [0, 0.05) is 172 Å². The molecule has 4 amide bonds. The number of fused-ring (bicyclic) bond motifs is 6. The second-order valence-corrected chi connectivity index (χ2v) is 35.8. The molecule has 5 fully saturated rings. The van der Waals surface area contributed by atoms with Gasteiger partial charge < -0.3 is 95.2 Å². The highest BCUT2D eigenvalue weighted by atomic mass is 16.6. The Bertz CT molecular complexity index is 5340. The zero-order valence-electron chi connectivity index (χ0n) is 75.6. The summed E-state index contributed by atoms with van der Waals surface area (Å²) in [6.07, 6.45) is 15.3. The van der Waals surface area contributed by atoms with Gasteiger partial charge >= 0.3 is 12.1 Å². The van der Waals surface area contributed by atoms with E-state index in [1.807, 2.05) is 81.8 Å². The van der Waals surface area contributed by atoms with Gasteiger partial charge in [-0.05, 0) is 142 Å². The number of Topliss-reactive ketones (excluding diaryl/α,β-unsaturated/α-hetero) is 3. The number of oxazole rings is 1. The van der Waals surface area contributed by atoms with E-state index in [1.54, 1.807) is 51.8 Å². The van der Waals surface area contributed by atoms with Crippen molar-refractivity contribution in [3.63, 3.8) is 0 Å². The van der Waals surface area contributed by atoms with E-state index in [0.29, 0.717) is 193 Å². The molecule has 4 saturated heterocycles. The smallest absolute Gasteiger partial charge is 0.407 e. The Morgan fingerprint density at radius 3 is 2.23 bits per heavy atom. The van der Waals surface area contributed by atoms with Crippen LogP contribution in [0.3, 0.4) is 0 Å². The van der Waals surface area contributed by atoms with Crippen molar-refractivity contribution in [3.8, 4) is 11.3 Å². The number of hydrogen-bond acceptors (Lipinski definition) is 32. The number of hydrogen-bond donors (Lipinski definition) is 7. The van der Waals surface area contributed by atoms with Gasteiger partial charge in [0.1, 0.15) is 59.6 Å². The van der Waals surface area contributed by atoms with Crippen LogP contribution in [0.2, 0.25) is 0 Å². The largest absolute Gasteiger partial charge is 0.459 e. The Labute approximate surface area is 760 Å². The molecule has 5 aromatic heterocycles. The van der Waals surface area contributed by atoms with E-state index in [9.17, 15) is 53.7 Å². The fourth-order valence-corrected chi connectivity index (χ4v) is 18.8. The lowest BCUT2D eigenvalue weighted by atomic mass is 9.80. The minimum absolute atomic E-state index is 0.00402. The maximum absolute atomic E-state index is 14.7. The Hall–Kier alpha value is -11.4. The number of rotatable bonds is 20. The van der Waals surface area contributed by atoms with Gasteiger partial charge in [-0.3, -0.25) is 33.7 Å². The van der Waals surface area contributed by atoms with Crippen molar-refractivity contribution in [3.05, 3.63) is 143 Å². The lowest BCUT2D eigenvalue weighted by Crippen LogP contribution is -2.58. The number of nitrogens with two attached hydrogens (primary N) is 3. The number of amides is 4. The summed E-state index contributed by atoms with van der Waals surface area (Å²) in [6.45, 7) is 16.5. The van der Waals surface area contributed by atoms with Crippen LogP contribution < -0.4 is 32.3 Å². The molecule has 0 radical (unpaired) electrons. The van der Waals surface area contributed by atoms with Gasteiger partial charge in [0.25, 0.3) is 23.6 Å². The first-order valence-electron chi connectivity index (χ1n) is 45.7. The van der Waals surface area contributed by atoms with Crippen LogP contribution in [-0.2, 0) is 83.2 Å². The first-order chi connectivity index (χ1) is 63.1. The number of ketones is 3. The van der Waals surface area contributed by atoms with Gasteiger partial charge in [0.05, 0.1) is 55.4 Å². The van der Waals surface area contributed by atoms with E-state index in [1.165, 1.54) is 26.4 Å². The third-order valence-electron chi connectivity index (χ3n) is 26.5. The van der Waals surface area contributed by atoms with Gasteiger partial charge in [-0.2, -0.15) is 10.1 Å². The van der Waals surface area contributed by atoms with Crippen LogP contribution in [0, 0.1) is 23.7 Å². The van der Waals surface area contributed by atoms with E-state index in [4.69, 9.17) is 55.1 Å². The Morgan fingerprint density at radius 2 is 1.48 bits per heavy atom. The molecule has 0 unspecified atom stereocenters. The zero-order chi connectivity index (χ0) is 92.7. The molecule has 7 aromatic rings. The number of cyclic esters (lactones) is 1. The summed E-state index contributed by atoms with van der Waals surface area (Å²) < 4.78 is 43.3. The summed E-state index contributed by atoms with van der Waals surface area (Å²) in [7, 11) is 3.06. The molecule has 37 nitrogen and oxygen atoms in total. The van der Waals surface area contributed by atoms with E-state index >= 15 is 0 Å². The number of benzene rings is 2. The maximum atomic E-state index is 14.7. The normalized spacial score (nSPS) is 26.8. The number of aromatic nitrogens is 9. The van der Waals surface area contributed by atoms with Crippen LogP contribution in [0.5, 0.6) is 0 Å². The lowest BCUT2D eigenvalue weighted by molar-refractivity contribution is -0.245. The predicted octanol–water partition coefficient (Wildman–Crippen LogP) is 6.72. The lowest BCUT2D eigenvalue weighted by Gasteiger charge is -2.40. The molecule has 1 aliphatic carbocycles. The van der Waals surface area contributed by atoms with Gasteiger partial charge in [0.2, 0.25) is 23.6 Å². The number of nitrogens with zero attached hydrogens (tertiary/aromatic N) is 15. The number of nitrogen functional groups attached to an aromatic ring is 2. The topological polar surface area (TPSA) is 483 Å². The number of esters is 1. The SMILES string of the molecule is CO[C@H]1C[C@@H]2CCC[C@@](O)(O2)C(=O)C(=O)N2CCCC[C@H]2C(=O)O[C@H]([C@H](N)C[C@@H]2CC[C@@H](OC(=O)NCc3cnc(N4CCN(C(=O)CCOCCN5CCN(c6ncc(C(=O)N7CCc8cc(Cn9nc(-c%10ccc%11oc(N)nc%11c%10)c%10c(N)ncnc%109)ccc8C7)cn6)CC5)CC4)nc3)[C@H](OC)C2)CC(=O)[C@H](C)/C=C(\C)[C@@H](O)[C@@H](O)C(=O)[C@H](C)C[C@H](C)/C=C/C=CC=C1C. The summed E-state index contributed by atoms with van der Waals surface area (Å²) in [6, 6.07) is 9.61. The van der Waals surface area contributed by atoms with Crippen molar-refractivity contribution in [2.75, 3.05) is 121 Å². The average molecular weight is 1810 g/mol. The first-order valence-corrected chi connectivity index (χ1v) is 45.7. The van der Waals surface area contributed by atoms with Crippen molar-refractivity contribution >= 4 is 93.0 Å². The quantitative estimate of drug-likeness (QED) is 0.0180. The molecule has 37 heteroatoms.